The minimum Gasteiger partial charge on any atom is -0.481 e. The number of carboxylic acid groups (broad SMARTS) is 1. The van der Waals surface area contributed by atoms with Crippen LogP contribution in [0.1, 0.15) is 42.4 Å². The van der Waals surface area contributed by atoms with Gasteiger partial charge in [0, 0.05) is 40.7 Å². The lowest BCUT2D eigenvalue weighted by molar-refractivity contribution is -0.163. The SMILES string of the molecule is O=C(O)C1CCN(C(=O)C=Cc2ccc(Sc3cccc(NC4CCS(=O)(=O)CC4)c3)c(C(F)(F)F)c2C(F)(F)F)CC1. The van der Waals surface area contributed by atoms with Crippen LogP contribution in [0.3, 0.4) is 0 Å². The second-order valence-corrected chi connectivity index (χ2v) is 13.8. The van der Waals surface area contributed by atoms with Crippen LogP contribution in [-0.4, -0.2) is 60.9 Å². The molecular weight excluding hydrogens is 622 g/mol. The average Bonchev–Trinajstić information content (AvgIpc) is 2.92. The number of alkyl halides is 6. The van der Waals surface area contributed by atoms with Crippen LogP contribution in [0, 0.1) is 5.92 Å². The average molecular weight is 651 g/mol. The monoisotopic (exact) mass is 650 g/mol. The van der Waals surface area contributed by atoms with E-state index in [4.69, 9.17) is 5.11 Å². The molecule has 15 heteroatoms. The fourth-order valence-electron chi connectivity index (χ4n) is 5.07. The van der Waals surface area contributed by atoms with E-state index in [2.05, 4.69) is 5.32 Å². The van der Waals surface area contributed by atoms with Gasteiger partial charge in [-0.3, -0.25) is 9.59 Å². The Kier molecular flexibility index (Phi) is 9.74. The molecule has 2 N–H and O–H groups in total. The molecule has 0 saturated carbocycles. The molecule has 2 aromatic carbocycles. The molecule has 4 rings (SSSR count). The van der Waals surface area contributed by atoms with Gasteiger partial charge in [-0.1, -0.05) is 23.9 Å². The first kappa shape index (κ1) is 32.7. The summed E-state index contributed by atoms with van der Waals surface area (Å²) in [5.41, 5.74) is -4.14. The van der Waals surface area contributed by atoms with Crippen molar-refractivity contribution in [2.24, 2.45) is 5.92 Å². The number of carbonyl (C=O) groups is 2. The molecule has 43 heavy (non-hydrogen) atoms. The van der Waals surface area contributed by atoms with E-state index in [-0.39, 0.29) is 48.4 Å². The second-order valence-electron chi connectivity index (χ2n) is 10.4. The smallest absolute Gasteiger partial charge is 0.418 e. The summed E-state index contributed by atoms with van der Waals surface area (Å²) < 4.78 is 109. The largest absolute Gasteiger partial charge is 0.481 e. The van der Waals surface area contributed by atoms with E-state index < -0.39 is 61.6 Å². The van der Waals surface area contributed by atoms with E-state index in [1.165, 1.54) is 23.1 Å². The number of halogens is 6. The zero-order valence-corrected chi connectivity index (χ0v) is 24.2. The number of anilines is 1. The lowest BCUT2D eigenvalue weighted by Gasteiger charge is -2.29. The summed E-state index contributed by atoms with van der Waals surface area (Å²) in [7, 11) is -3.10. The first-order valence-corrected chi connectivity index (χ1v) is 15.9. The number of carbonyl (C=O) groups excluding carboxylic acids is 1. The van der Waals surface area contributed by atoms with Crippen molar-refractivity contribution in [1.29, 1.82) is 0 Å². The first-order valence-electron chi connectivity index (χ1n) is 13.3. The molecule has 0 radical (unpaired) electrons. The Balaban J connectivity index is 1.60. The van der Waals surface area contributed by atoms with E-state index in [1.54, 1.807) is 6.07 Å². The standard InChI is InChI=1S/C28H28F6N2O5S2/c29-27(30,31)24-17(5-7-23(37)36-12-8-18(9-13-36)26(38)39)4-6-22(25(24)28(32,33)34)42-21-3-1-2-20(16-21)35-19-10-14-43(40,41)15-11-19/h1-7,16,18-19,35H,8-15H2,(H,38,39). The topological polar surface area (TPSA) is 104 Å². The van der Waals surface area contributed by atoms with Crippen molar-refractivity contribution in [2.75, 3.05) is 29.9 Å². The Morgan fingerprint density at radius 3 is 2.14 bits per heavy atom. The van der Waals surface area contributed by atoms with Gasteiger partial charge >= 0.3 is 18.3 Å². The number of piperidine rings is 1. The van der Waals surface area contributed by atoms with Crippen LogP contribution < -0.4 is 5.32 Å². The maximum atomic E-state index is 14.2. The number of amides is 1. The number of rotatable bonds is 7. The Bertz CT molecular complexity index is 1490. The Labute approximate surface area is 248 Å². The second kappa shape index (κ2) is 12.8. The van der Waals surface area contributed by atoms with Gasteiger partial charge in [0.05, 0.1) is 28.6 Å². The molecule has 2 heterocycles. The van der Waals surface area contributed by atoms with Gasteiger partial charge in [-0.25, -0.2) is 8.42 Å². The molecular formula is C28H28F6N2O5S2. The van der Waals surface area contributed by atoms with Crippen molar-refractivity contribution in [3.63, 3.8) is 0 Å². The molecule has 0 unspecified atom stereocenters. The fourth-order valence-corrected chi connectivity index (χ4v) is 7.60. The van der Waals surface area contributed by atoms with Gasteiger partial charge in [0.1, 0.15) is 9.84 Å². The van der Waals surface area contributed by atoms with Crippen molar-refractivity contribution < 1.29 is 49.5 Å². The van der Waals surface area contributed by atoms with E-state index in [0.717, 1.165) is 18.2 Å². The van der Waals surface area contributed by atoms with Crippen LogP contribution in [-0.2, 0) is 31.8 Å². The van der Waals surface area contributed by atoms with Crippen LogP contribution in [0.15, 0.2) is 52.3 Å². The van der Waals surface area contributed by atoms with E-state index in [9.17, 15) is 44.3 Å². The number of likely N-dealkylation sites (tertiary alicyclic amines) is 1. The normalized spacial score (nSPS) is 18.6. The third kappa shape index (κ3) is 8.46. The molecule has 0 atom stereocenters. The Morgan fingerprint density at radius 2 is 1.56 bits per heavy atom. The first-order chi connectivity index (χ1) is 20.0. The highest BCUT2D eigenvalue weighted by Crippen LogP contribution is 2.48. The number of carboxylic acids is 1. The molecule has 2 aromatic rings. The zero-order valence-electron chi connectivity index (χ0n) is 22.5. The molecule has 234 valence electrons. The van der Waals surface area contributed by atoms with Gasteiger partial charge in [0.2, 0.25) is 5.91 Å². The molecule has 0 spiro atoms. The summed E-state index contributed by atoms with van der Waals surface area (Å²) in [5.74, 6) is -2.39. The molecule has 0 aliphatic carbocycles. The number of sulfone groups is 1. The summed E-state index contributed by atoms with van der Waals surface area (Å²) in [6.45, 7) is 0.118. The summed E-state index contributed by atoms with van der Waals surface area (Å²) in [6, 6.07) is 7.74. The minimum absolute atomic E-state index is 0.00385. The number of benzene rings is 2. The number of nitrogens with one attached hydrogen (secondary N) is 1. The maximum Gasteiger partial charge on any atom is 0.418 e. The van der Waals surface area contributed by atoms with Gasteiger partial charge in [0.25, 0.3) is 0 Å². The van der Waals surface area contributed by atoms with Gasteiger partial charge in [-0.15, -0.1) is 0 Å². The third-order valence-electron chi connectivity index (χ3n) is 7.31. The molecule has 2 fully saturated rings. The molecule has 1 amide bonds. The maximum absolute atomic E-state index is 14.2. The molecule has 2 aliphatic heterocycles. The van der Waals surface area contributed by atoms with Crippen LogP contribution in [0.5, 0.6) is 0 Å². The van der Waals surface area contributed by atoms with Gasteiger partial charge in [0.15, 0.2) is 0 Å². The number of nitrogens with zero attached hydrogens (tertiary/aromatic N) is 1. The Morgan fingerprint density at radius 1 is 0.930 bits per heavy atom. The highest BCUT2D eigenvalue weighted by Gasteiger charge is 2.46. The predicted octanol–water partition coefficient (Wildman–Crippen LogP) is 6.20. The summed E-state index contributed by atoms with van der Waals surface area (Å²) in [5, 5.41) is 12.2. The predicted molar refractivity (Wildman–Crippen MR) is 148 cm³/mol. The van der Waals surface area contributed by atoms with Crippen molar-refractivity contribution >= 4 is 45.2 Å². The zero-order chi connectivity index (χ0) is 31.6. The quantitative estimate of drug-likeness (QED) is 0.272. The summed E-state index contributed by atoms with van der Waals surface area (Å²) in [6.07, 6.45) is -8.30. The van der Waals surface area contributed by atoms with Crippen molar-refractivity contribution in [3.05, 3.63) is 59.2 Å². The number of hydrogen-bond acceptors (Lipinski definition) is 6. The number of aliphatic carboxylic acids is 1. The highest BCUT2D eigenvalue weighted by molar-refractivity contribution is 7.99. The molecule has 0 bridgehead atoms. The van der Waals surface area contributed by atoms with Crippen molar-refractivity contribution in [1.82, 2.24) is 4.90 Å². The minimum atomic E-state index is -5.41. The lowest BCUT2D eigenvalue weighted by Crippen LogP contribution is -2.39. The highest BCUT2D eigenvalue weighted by atomic mass is 32.2. The molecule has 2 aliphatic rings. The van der Waals surface area contributed by atoms with E-state index >= 15 is 0 Å². The van der Waals surface area contributed by atoms with Crippen LogP contribution >= 0.6 is 11.8 Å². The molecule has 7 nitrogen and oxygen atoms in total. The van der Waals surface area contributed by atoms with Gasteiger partial charge in [-0.05, 0) is 61.6 Å². The molecule has 2 saturated heterocycles. The van der Waals surface area contributed by atoms with Gasteiger partial charge < -0.3 is 15.3 Å². The van der Waals surface area contributed by atoms with E-state index in [1.807, 2.05) is 0 Å². The third-order valence-corrected chi connectivity index (χ3v) is 10.1. The lowest BCUT2D eigenvalue weighted by atomic mass is 9.97. The van der Waals surface area contributed by atoms with Crippen molar-refractivity contribution in [2.45, 2.75) is 53.9 Å². The van der Waals surface area contributed by atoms with Crippen LogP contribution in [0.4, 0.5) is 32.0 Å². The molecule has 0 aromatic heterocycles. The summed E-state index contributed by atoms with van der Waals surface area (Å²) >= 11 is 0.503. The van der Waals surface area contributed by atoms with Crippen molar-refractivity contribution in [3.8, 4) is 0 Å². The van der Waals surface area contributed by atoms with Crippen LogP contribution in [0.2, 0.25) is 0 Å². The van der Waals surface area contributed by atoms with Gasteiger partial charge in [-0.2, -0.15) is 26.3 Å². The Hall–Kier alpha value is -3.20. The fraction of sp³-hybridized carbons (Fsp3) is 0.429. The van der Waals surface area contributed by atoms with E-state index in [0.29, 0.717) is 36.4 Å². The van der Waals surface area contributed by atoms with Crippen LogP contribution in [0.25, 0.3) is 6.08 Å². The summed E-state index contributed by atoms with van der Waals surface area (Å²) in [4.78, 5) is 24.5. The number of hydrogen-bond donors (Lipinski definition) is 2.